The summed E-state index contributed by atoms with van der Waals surface area (Å²) in [6.45, 7) is 5.78. The molecule has 21 heavy (non-hydrogen) atoms. The van der Waals surface area contributed by atoms with Gasteiger partial charge in [0.2, 0.25) is 0 Å². The molecule has 116 valence electrons. The van der Waals surface area contributed by atoms with Crippen LogP contribution in [0.5, 0.6) is 5.75 Å². The third-order valence-corrected chi connectivity index (χ3v) is 3.67. The van der Waals surface area contributed by atoms with Gasteiger partial charge in [-0.2, -0.15) is 0 Å². The van der Waals surface area contributed by atoms with Gasteiger partial charge in [0.25, 0.3) is 0 Å². The van der Waals surface area contributed by atoms with Crippen LogP contribution >= 0.6 is 0 Å². The van der Waals surface area contributed by atoms with Crippen LogP contribution in [-0.4, -0.2) is 31.9 Å². The molecule has 0 spiro atoms. The van der Waals surface area contributed by atoms with Crippen LogP contribution in [0.1, 0.15) is 44.6 Å². The Morgan fingerprint density at radius 1 is 1.29 bits per heavy atom. The van der Waals surface area contributed by atoms with E-state index in [9.17, 15) is 4.79 Å². The maximum absolute atomic E-state index is 11.4. The minimum absolute atomic E-state index is 0.182. The average molecular weight is 292 g/mol. The summed E-state index contributed by atoms with van der Waals surface area (Å²) in [5.74, 6) is 1.16. The van der Waals surface area contributed by atoms with Crippen LogP contribution in [0.15, 0.2) is 24.3 Å². The second kappa shape index (κ2) is 8.03. The van der Waals surface area contributed by atoms with Crippen LogP contribution in [0.4, 0.5) is 0 Å². The highest BCUT2D eigenvalue weighted by Crippen LogP contribution is 2.28. The molecule has 1 heterocycles. The molecular formula is C17H24O4. The topological polar surface area (TPSA) is 44.8 Å². The number of ether oxygens (including phenoxy) is 3. The monoisotopic (exact) mass is 292 g/mol. The smallest absolute Gasteiger partial charge is 0.309 e. The van der Waals surface area contributed by atoms with Gasteiger partial charge in [-0.3, -0.25) is 4.79 Å². The second-order valence-corrected chi connectivity index (χ2v) is 5.39. The lowest BCUT2D eigenvalue weighted by atomic mass is 9.92. The molecule has 1 aliphatic heterocycles. The van der Waals surface area contributed by atoms with Crippen molar-refractivity contribution >= 4 is 5.97 Å². The second-order valence-electron chi connectivity index (χ2n) is 5.39. The van der Waals surface area contributed by atoms with Crippen LogP contribution in [0.2, 0.25) is 0 Å². The Balaban J connectivity index is 1.85. The molecule has 0 saturated carbocycles. The van der Waals surface area contributed by atoms with Crippen molar-refractivity contribution in [3.8, 4) is 5.75 Å². The van der Waals surface area contributed by atoms with Crippen molar-refractivity contribution in [3.05, 3.63) is 29.8 Å². The van der Waals surface area contributed by atoms with Gasteiger partial charge in [-0.15, -0.1) is 0 Å². The number of hydrogen-bond donors (Lipinski definition) is 0. The van der Waals surface area contributed by atoms with E-state index < -0.39 is 0 Å². The van der Waals surface area contributed by atoms with Gasteiger partial charge in [-0.05, 0) is 50.3 Å². The molecule has 1 atom stereocenters. The first-order chi connectivity index (χ1) is 10.2. The summed E-state index contributed by atoms with van der Waals surface area (Å²) in [6, 6.07) is 8.18. The first-order valence-electron chi connectivity index (χ1n) is 7.69. The minimum Gasteiger partial charge on any atom is -0.490 e. The number of carbonyl (C=O) groups excluding carboxylic acids is 1. The molecular weight excluding hydrogens is 268 g/mol. The maximum atomic E-state index is 11.4. The van der Waals surface area contributed by atoms with Gasteiger partial charge < -0.3 is 14.2 Å². The lowest BCUT2D eigenvalue weighted by Gasteiger charge is -2.22. The molecule has 1 unspecified atom stereocenters. The number of benzene rings is 1. The van der Waals surface area contributed by atoms with Crippen molar-refractivity contribution in [2.24, 2.45) is 0 Å². The molecule has 0 bridgehead atoms. The van der Waals surface area contributed by atoms with E-state index in [2.05, 4.69) is 12.1 Å². The highest BCUT2D eigenvalue weighted by atomic mass is 16.5. The zero-order chi connectivity index (χ0) is 15.1. The van der Waals surface area contributed by atoms with E-state index in [1.54, 1.807) is 6.92 Å². The van der Waals surface area contributed by atoms with Crippen molar-refractivity contribution < 1.29 is 19.0 Å². The Bertz CT molecular complexity index is 435. The highest BCUT2D eigenvalue weighted by Gasteiger charge is 2.16. The molecule has 1 fully saturated rings. The fourth-order valence-electron chi connectivity index (χ4n) is 2.58. The van der Waals surface area contributed by atoms with Crippen LogP contribution in [0.25, 0.3) is 0 Å². The van der Waals surface area contributed by atoms with Crippen molar-refractivity contribution in [2.75, 3.05) is 19.8 Å². The lowest BCUT2D eigenvalue weighted by Crippen LogP contribution is -2.19. The fourth-order valence-corrected chi connectivity index (χ4v) is 2.58. The largest absolute Gasteiger partial charge is 0.490 e. The molecule has 0 aromatic heterocycles. The van der Waals surface area contributed by atoms with Gasteiger partial charge >= 0.3 is 5.97 Å². The van der Waals surface area contributed by atoms with Gasteiger partial charge in [-0.25, -0.2) is 0 Å². The number of carbonyl (C=O) groups is 1. The van der Waals surface area contributed by atoms with Crippen LogP contribution in [0.3, 0.4) is 0 Å². The quantitative estimate of drug-likeness (QED) is 0.755. The Labute approximate surface area is 126 Å². The molecule has 0 radical (unpaired) electrons. The highest BCUT2D eigenvalue weighted by molar-refractivity contribution is 5.69. The average Bonchev–Trinajstić information content (AvgIpc) is 2.49. The van der Waals surface area contributed by atoms with Gasteiger partial charge in [0.15, 0.2) is 0 Å². The summed E-state index contributed by atoms with van der Waals surface area (Å²) < 4.78 is 16.1. The zero-order valence-electron chi connectivity index (χ0n) is 12.8. The molecule has 0 amide bonds. The summed E-state index contributed by atoms with van der Waals surface area (Å²) in [6.07, 6.45) is 2.26. The van der Waals surface area contributed by atoms with Gasteiger partial charge in [0.1, 0.15) is 11.9 Å². The first-order valence-corrected chi connectivity index (χ1v) is 7.69. The predicted octanol–water partition coefficient (Wildman–Crippen LogP) is 3.30. The molecule has 1 aromatic rings. The van der Waals surface area contributed by atoms with E-state index >= 15 is 0 Å². The predicted molar refractivity (Wildman–Crippen MR) is 80.6 cm³/mol. The van der Waals surface area contributed by atoms with Crippen LogP contribution in [-0.2, 0) is 14.3 Å². The van der Waals surface area contributed by atoms with E-state index in [1.165, 1.54) is 5.56 Å². The number of hydrogen-bond acceptors (Lipinski definition) is 4. The van der Waals surface area contributed by atoms with Crippen molar-refractivity contribution in [1.82, 2.24) is 0 Å². The third-order valence-electron chi connectivity index (χ3n) is 3.67. The normalized spacial score (nSPS) is 17.2. The standard InChI is InChI=1S/C17H24O4/c1-3-20-17(18)12-13(2)21-16-6-4-14(5-7-16)15-8-10-19-11-9-15/h4-7,13,15H,3,8-12H2,1-2H3. The molecule has 4 nitrogen and oxygen atoms in total. The Kier molecular flexibility index (Phi) is 6.05. The van der Waals surface area contributed by atoms with E-state index in [0.29, 0.717) is 12.5 Å². The third kappa shape index (κ3) is 5.05. The first kappa shape index (κ1) is 15.8. The van der Waals surface area contributed by atoms with E-state index in [1.807, 2.05) is 19.1 Å². The Hall–Kier alpha value is -1.55. The SMILES string of the molecule is CCOC(=O)CC(C)Oc1ccc(C2CCOCC2)cc1. The summed E-state index contributed by atoms with van der Waals surface area (Å²) in [5.41, 5.74) is 1.34. The van der Waals surface area contributed by atoms with Crippen LogP contribution < -0.4 is 4.74 Å². The van der Waals surface area contributed by atoms with E-state index in [-0.39, 0.29) is 18.5 Å². The van der Waals surface area contributed by atoms with Crippen LogP contribution in [0, 0.1) is 0 Å². The molecule has 4 heteroatoms. The molecule has 1 saturated heterocycles. The number of rotatable bonds is 6. The summed E-state index contributed by atoms with van der Waals surface area (Å²) >= 11 is 0. The van der Waals surface area contributed by atoms with Gasteiger partial charge in [0, 0.05) is 13.2 Å². The molecule has 0 aliphatic carbocycles. The van der Waals surface area contributed by atoms with Gasteiger partial charge in [0.05, 0.1) is 13.0 Å². The molecule has 0 N–H and O–H groups in total. The Morgan fingerprint density at radius 3 is 2.57 bits per heavy atom. The summed E-state index contributed by atoms with van der Waals surface area (Å²) in [4.78, 5) is 11.4. The van der Waals surface area contributed by atoms with Crippen molar-refractivity contribution in [3.63, 3.8) is 0 Å². The lowest BCUT2D eigenvalue weighted by molar-refractivity contribution is -0.144. The Morgan fingerprint density at radius 2 is 1.95 bits per heavy atom. The van der Waals surface area contributed by atoms with Crippen molar-refractivity contribution in [2.45, 2.75) is 45.1 Å². The molecule has 2 rings (SSSR count). The summed E-state index contributed by atoms with van der Waals surface area (Å²) in [5, 5.41) is 0. The fraction of sp³-hybridized carbons (Fsp3) is 0.588. The zero-order valence-corrected chi connectivity index (χ0v) is 12.8. The maximum Gasteiger partial charge on any atom is 0.309 e. The van der Waals surface area contributed by atoms with E-state index in [0.717, 1.165) is 31.8 Å². The molecule has 1 aliphatic rings. The van der Waals surface area contributed by atoms with Crippen molar-refractivity contribution in [1.29, 1.82) is 0 Å². The number of esters is 1. The van der Waals surface area contributed by atoms with Gasteiger partial charge in [-0.1, -0.05) is 12.1 Å². The summed E-state index contributed by atoms with van der Waals surface area (Å²) in [7, 11) is 0. The minimum atomic E-state index is -0.219. The van der Waals surface area contributed by atoms with E-state index in [4.69, 9.17) is 14.2 Å². The molecule has 1 aromatic carbocycles.